The minimum Gasteiger partial charge on any atom is -0.491 e. The van der Waals surface area contributed by atoms with Crippen LogP contribution in [0, 0.1) is 0 Å². The van der Waals surface area contributed by atoms with Gasteiger partial charge in [-0.1, -0.05) is 30.3 Å². The van der Waals surface area contributed by atoms with E-state index in [2.05, 4.69) is 12.1 Å². The molecule has 0 radical (unpaired) electrons. The zero-order chi connectivity index (χ0) is 15.1. The molecular formula is C18H23NO2. The van der Waals surface area contributed by atoms with Crippen LogP contribution in [0.3, 0.4) is 0 Å². The Morgan fingerprint density at radius 1 is 0.857 bits per heavy atom. The molecule has 0 aliphatic rings. The summed E-state index contributed by atoms with van der Waals surface area (Å²) in [6.45, 7) is 4.61. The van der Waals surface area contributed by atoms with Crippen LogP contribution >= 0.6 is 0 Å². The summed E-state index contributed by atoms with van der Waals surface area (Å²) in [5.41, 5.74) is 6.84. The molecule has 2 aromatic rings. The van der Waals surface area contributed by atoms with Crippen molar-refractivity contribution in [3.05, 3.63) is 60.2 Å². The molecule has 2 rings (SSSR count). The van der Waals surface area contributed by atoms with Crippen LogP contribution in [0.5, 0.6) is 11.5 Å². The number of benzene rings is 2. The molecule has 3 nitrogen and oxygen atoms in total. The van der Waals surface area contributed by atoms with Crippen molar-refractivity contribution in [2.75, 3.05) is 6.54 Å². The normalized spacial score (nSPS) is 12.2. The highest BCUT2D eigenvalue weighted by Gasteiger charge is 2.12. The molecule has 0 aliphatic carbocycles. The van der Waals surface area contributed by atoms with Gasteiger partial charge >= 0.3 is 0 Å². The molecule has 112 valence electrons. The third kappa shape index (κ3) is 4.80. The van der Waals surface area contributed by atoms with E-state index in [9.17, 15) is 0 Å². The average molecular weight is 285 g/mol. The molecule has 3 heteroatoms. The Labute approximate surface area is 126 Å². The SMILES string of the molecule is CC(C)Oc1ccc(OC(CCN)c2ccccc2)cc1. The molecule has 0 aromatic heterocycles. The van der Waals surface area contributed by atoms with E-state index >= 15 is 0 Å². The lowest BCUT2D eigenvalue weighted by Gasteiger charge is -2.19. The number of hydrogen-bond donors (Lipinski definition) is 1. The lowest BCUT2D eigenvalue weighted by Crippen LogP contribution is -2.13. The van der Waals surface area contributed by atoms with Gasteiger partial charge in [-0.05, 0) is 50.2 Å². The molecule has 0 heterocycles. The third-order valence-corrected chi connectivity index (χ3v) is 3.07. The van der Waals surface area contributed by atoms with Gasteiger partial charge in [0.15, 0.2) is 0 Å². The van der Waals surface area contributed by atoms with E-state index in [1.165, 1.54) is 0 Å². The van der Waals surface area contributed by atoms with E-state index in [4.69, 9.17) is 15.2 Å². The number of ether oxygens (including phenoxy) is 2. The maximum Gasteiger partial charge on any atom is 0.125 e. The van der Waals surface area contributed by atoms with Crippen molar-refractivity contribution in [2.45, 2.75) is 32.5 Å². The van der Waals surface area contributed by atoms with Crippen LogP contribution in [-0.4, -0.2) is 12.6 Å². The van der Waals surface area contributed by atoms with Crippen LogP contribution in [0.15, 0.2) is 54.6 Å². The topological polar surface area (TPSA) is 44.5 Å². The standard InChI is InChI=1S/C18H23NO2/c1-14(2)20-16-8-10-17(11-9-16)21-18(12-13-19)15-6-4-3-5-7-15/h3-11,14,18H,12-13,19H2,1-2H3. The van der Waals surface area contributed by atoms with Gasteiger partial charge in [-0.2, -0.15) is 0 Å². The first kappa shape index (κ1) is 15.4. The summed E-state index contributed by atoms with van der Waals surface area (Å²) in [4.78, 5) is 0. The first-order valence-corrected chi connectivity index (χ1v) is 7.37. The lowest BCUT2D eigenvalue weighted by molar-refractivity contribution is 0.197. The minimum absolute atomic E-state index is 0.0203. The first-order valence-electron chi connectivity index (χ1n) is 7.37. The Kier molecular flexibility index (Phi) is 5.64. The van der Waals surface area contributed by atoms with Crippen LogP contribution in [0.2, 0.25) is 0 Å². The predicted octanol–water partition coefficient (Wildman–Crippen LogP) is 3.94. The average Bonchev–Trinajstić information content (AvgIpc) is 2.49. The molecule has 0 bridgehead atoms. The lowest BCUT2D eigenvalue weighted by atomic mass is 10.1. The van der Waals surface area contributed by atoms with Crippen molar-refractivity contribution in [3.8, 4) is 11.5 Å². The predicted molar refractivity (Wildman–Crippen MR) is 85.7 cm³/mol. The van der Waals surface area contributed by atoms with Gasteiger partial charge in [0, 0.05) is 6.42 Å². The maximum atomic E-state index is 6.07. The van der Waals surface area contributed by atoms with Crippen molar-refractivity contribution in [1.82, 2.24) is 0 Å². The van der Waals surface area contributed by atoms with Gasteiger partial charge < -0.3 is 15.2 Å². The number of nitrogens with two attached hydrogens (primary N) is 1. The summed E-state index contributed by atoms with van der Waals surface area (Å²) >= 11 is 0. The van der Waals surface area contributed by atoms with Gasteiger partial charge in [0.05, 0.1) is 6.10 Å². The summed E-state index contributed by atoms with van der Waals surface area (Å²) < 4.78 is 11.7. The molecule has 0 spiro atoms. The second kappa shape index (κ2) is 7.70. The highest BCUT2D eigenvalue weighted by atomic mass is 16.5. The van der Waals surface area contributed by atoms with E-state index in [0.717, 1.165) is 23.5 Å². The first-order chi connectivity index (χ1) is 10.2. The largest absolute Gasteiger partial charge is 0.491 e. The van der Waals surface area contributed by atoms with Crippen molar-refractivity contribution < 1.29 is 9.47 Å². The van der Waals surface area contributed by atoms with Gasteiger partial charge in [-0.25, -0.2) is 0 Å². The van der Waals surface area contributed by atoms with Crippen LogP contribution in [0.4, 0.5) is 0 Å². The van der Waals surface area contributed by atoms with Crippen LogP contribution in [-0.2, 0) is 0 Å². The molecule has 0 amide bonds. The van der Waals surface area contributed by atoms with Gasteiger partial charge in [0.2, 0.25) is 0 Å². The van der Waals surface area contributed by atoms with Crippen molar-refractivity contribution in [3.63, 3.8) is 0 Å². The van der Waals surface area contributed by atoms with E-state index in [-0.39, 0.29) is 12.2 Å². The second-order valence-electron chi connectivity index (χ2n) is 5.23. The highest BCUT2D eigenvalue weighted by molar-refractivity contribution is 5.32. The molecule has 0 saturated carbocycles. The molecular weight excluding hydrogens is 262 g/mol. The number of rotatable bonds is 7. The van der Waals surface area contributed by atoms with Crippen molar-refractivity contribution in [2.24, 2.45) is 5.73 Å². The second-order valence-corrected chi connectivity index (χ2v) is 5.23. The zero-order valence-electron chi connectivity index (χ0n) is 12.7. The Balaban J connectivity index is 2.06. The molecule has 0 aliphatic heterocycles. The van der Waals surface area contributed by atoms with Gasteiger partial charge in [0.1, 0.15) is 17.6 Å². The molecule has 1 unspecified atom stereocenters. The minimum atomic E-state index is -0.0203. The molecule has 0 fully saturated rings. The van der Waals surface area contributed by atoms with E-state index in [1.54, 1.807) is 0 Å². The Hall–Kier alpha value is -2.00. The van der Waals surface area contributed by atoms with Crippen molar-refractivity contribution in [1.29, 1.82) is 0 Å². The van der Waals surface area contributed by atoms with E-state index < -0.39 is 0 Å². The molecule has 2 N–H and O–H groups in total. The third-order valence-electron chi connectivity index (χ3n) is 3.07. The fraction of sp³-hybridized carbons (Fsp3) is 0.333. The summed E-state index contributed by atoms with van der Waals surface area (Å²) in [6, 6.07) is 17.9. The van der Waals surface area contributed by atoms with Crippen LogP contribution in [0.25, 0.3) is 0 Å². The monoisotopic (exact) mass is 285 g/mol. The zero-order valence-corrected chi connectivity index (χ0v) is 12.7. The fourth-order valence-corrected chi connectivity index (χ4v) is 2.15. The van der Waals surface area contributed by atoms with E-state index in [1.807, 2.05) is 56.3 Å². The summed E-state index contributed by atoms with van der Waals surface area (Å²) in [6.07, 6.45) is 0.938. The Morgan fingerprint density at radius 3 is 1.95 bits per heavy atom. The molecule has 2 aromatic carbocycles. The van der Waals surface area contributed by atoms with Gasteiger partial charge in [0.25, 0.3) is 0 Å². The maximum absolute atomic E-state index is 6.07. The van der Waals surface area contributed by atoms with Crippen molar-refractivity contribution >= 4 is 0 Å². The summed E-state index contributed by atoms with van der Waals surface area (Å²) in [7, 11) is 0. The summed E-state index contributed by atoms with van der Waals surface area (Å²) in [5.74, 6) is 1.68. The molecule has 1 atom stereocenters. The van der Waals surface area contributed by atoms with E-state index in [0.29, 0.717) is 6.54 Å². The van der Waals surface area contributed by atoms with Gasteiger partial charge in [-0.3, -0.25) is 0 Å². The highest BCUT2D eigenvalue weighted by Crippen LogP contribution is 2.26. The number of hydrogen-bond acceptors (Lipinski definition) is 3. The van der Waals surface area contributed by atoms with Gasteiger partial charge in [-0.15, -0.1) is 0 Å². The molecule has 0 saturated heterocycles. The Morgan fingerprint density at radius 2 is 1.43 bits per heavy atom. The smallest absolute Gasteiger partial charge is 0.125 e. The fourth-order valence-electron chi connectivity index (χ4n) is 2.15. The quantitative estimate of drug-likeness (QED) is 0.838. The molecule has 21 heavy (non-hydrogen) atoms. The summed E-state index contributed by atoms with van der Waals surface area (Å²) in [5, 5.41) is 0. The van der Waals surface area contributed by atoms with Crippen LogP contribution in [0.1, 0.15) is 31.9 Å². The Bertz CT molecular complexity index is 523. The van der Waals surface area contributed by atoms with Crippen LogP contribution < -0.4 is 15.2 Å².